The average molecular weight is 273 g/mol. The van der Waals surface area contributed by atoms with Crippen LogP contribution < -0.4 is 4.74 Å². The maximum atomic E-state index is 11.6. The van der Waals surface area contributed by atoms with Crippen molar-refractivity contribution in [3.8, 4) is 17.6 Å². The Balaban J connectivity index is 3.01. The van der Waals surface area contributed by atoms with Crippen molar-refractivity contribution in [2.24, 2.45) is 0 Å². The lowest BCUT2D eigenvalue weighted by Crippen LogP contribution is -2.06. The van der Waals surface area contributed by atoms with Crippen LogP contribution in [0.1, 0.15) is 12.5 Å². The van der Waals surface area contributed by atoms with E-state index >= 15 is 0 Å². The third kappa shape index (κ3) is 4.18. The third-order valence-corrected chi connectivity index (χ3v) is 2.27. The maximum absolute atomic E-state index is 11.6. The topological polar surface area (TPSA) is 79.6 Å². The van der Waals surface area contributed by atoms with E-state index in [0.29, 0.717) is 12.2 Å². The molecule has 1 rings (SSSR count). The highest BCUT2D eigenvalue weighted by Gasteiger charge is 2.11. The fraction of sp³-hybridized carbons (Fsp3) is 0.200. The summed E-state index contributed by atoms with van der Waals surface area (Å²) in [4.78, 5) is 11.6. The van der Waals surface area contributed by atoms with E-state index in [1.807, 2.05) is 0 Å². The number of hydrogen-bond donors (Lipinski definition) is 1. The highest BCUT2D eigenvalue weighted by Crippen LogP contribution is 2.27. The molecule has 104 valence electrons. The van der Waals surface area contributed by atoms with Crippen LogP contribution in [-0.4, -0.2) is 24.3 Å². The summed E-state index contributed by atoms with van der Waals surface area (Å²) < 4.78 is 10.0. The first-order valence-electron chi connectivity index (χ1n) is 5.98. The number of phenols is 1. The summed E-state index contributed by atoms with van der Waals surface area (Å²) >= 11 is 0. The molecule has 0 aliphatic rings. The first-order valence-corrected chi connectivity index (χ1v) is 5.98. The Kier molecular flexibility index (Phi) is 5.85. The largest absolute Gasteiger partial charge is 0.504 e. The lowest BCUT2D eigenvalue weighted by Gasteiger charge is -2.06. The summed E-state index contributed by atoms with van der Waals surface area (Å²) in [5, 5.41) is 18.5. The van der Waals surface area contributed by atoms with Crippen molar-refractivity contribution in [2.75, 3.05) is 13.2 Å². The first-order chi connectivity index (χ1) is 9.62. The molecule has 5 nitrogen and oxygen atoms in total. The van der Waals surface area contributed by atoms with Crippen molar-refractivity contribution in [1.82, 2.24) is 0 Å². The van der Waals surface area contributed by atoms with E-state index in [0.717, 1.165) is 0 Å². The van der Waals surface area contributed by atoms with Crippen LogP contribution in [0.4, 0.5) is 0 Å². The van der Waals surface area contributed by atoms with Crippen LogP contribution in [0.2, 0.25) is 0 Å². The van der Waals surface area contributed by atoms with Gasteiger partial charge in [0.25, 0.3) is 0 Å². The van der Waals surface area contributed by atoms with Crippen LogP contribution in [-0.2, 0) is 9.53 Å². The maximum Gasteiger partial charge on any atom is 0.349 e. The molecule has 0 aliphatic carbocycles. The van der Waals surface area contributed by atoms with Gasteiger partial charge in [-0.05, 0) is 30.7 Å². The Morgan fingerprint density at radius 1 is 1.55 bits per heavy atom. The summed E-state index contributed by atoms with van der Waals surface area (Å²) in [5.41, 5.74) is 0.415. The van der Waals surface area contributed by atoms with Crippen LogP contribution in [0.15, 0.2) is 36.4 Å². The molecule has 0 bridgehead atoms. The zero-order valence-corrected chi connectivity index (χ0v) is 11.1. The minimum absolute atomic E-state index is 0.00302. The Hall–Kier alpha value is -2.74. The molecule has 0 heterocycles. The standard InChI is InChI=1S/C15H15NO4/c1-3-7-20-15(18)12(10-16)8-11-5-6-13(17)14(9-11)19-4-2/h3,5-6,8-9,17H,1,4,7H2,2H3/b12-8+. The smallest absolute Gasteiger partial charge is 0.349 e. The molecule has 20 heavy (non-hydrogen) atoms. The number of hydrogen-bond acceptors (Lipinski definition) is 5. The Bertz CT molecular complexity index is 570. The number of carbonyl (C=O) groups excluding carboxylic acids is 1. The van der Waals surface area contributed by atoms with E-state index in [2.05, 4.69) is 6.58 Å². The highest BCUT2D eigenvalue weighted by molar-refractivity contribution is 5.98. The van der Waals surface area contributed by atoms with Crippen LogP contribution >= 0.6 is 0 Å². The van der Waals surface area contributed by atoms with Gasteiger partial charge in [-0.3, -0.25) is 0 Å². The van der Waals surface area contributed by atoms with Gasteiger partial charge in [-0.2, -0.15) is 5.26 Å². The molecule has 0 spiro atoms. The monoisotopic (exact) mass is 273 g/mol. The number of phenolic OH excluding ortho intramolecular Hbond substituents is 1. The summed E-state index contributed by atoms with van der Waals surface area (Å²) in [7, 11) is 0. The average Bonchev–Trinajstić information content (AvgIpc) is 2.45. The van der Waals surface area contributed by atoms with Crippen LogP contribution in [0.25, 0.3) is 6.08 Å². The molecule has 0 atom stereocenters. The summed E-state index contributed by atoms with van der Waals surface area (Å²) in [5.74, 6) is -0.437. The van der Waals surface area contributed by atoms with Gasteiger partial charge >= 0.3 is 5.97 Å². The zero-order chi connectivity index (χ0) is 15.0. The van der Waals surface area contributed by atoms with Crippen molar-refractivity contribution in [2.45, 2.75) is 6.92 Å². The lowest BCUT2D eigenvalue weighted by atomic mass is 10.1. The number of esters is 1. The molecular formula is C15H15NO4. The van der Waals surface area contributed by atoms with E-state index < -0.39 is 5.97 Å². The number of aromatic hydroxyl groups is 1. The third-order valence-electron chi connectivity index (χ3n) is 2.27. The highest BCUT2D eigenvalue weighted by atomic mass is 16.5. The van der Waals surface area contributed by atoms with Crippen LogP contribution in [0, 0.1) is 11.3 Å². The molecule has 0 fully saturated rings. The quantitative estimate of drug-likeness (QED) is 0.372. The molecule has 0 unspecified atom stereocenters. The Morgan fingerprint density at radius 3 is 2.90 bits per heavy atom. The van der Waals surface area contributed by atoms with Gasteiger partial charge in [0, 0.05) is 0 Å². The van der Waals surface area contributed by atoms with Crippen molar-refractivity contribution in [3.63, 3.8) is 0 Å². The van der Waals surface area contributed by atoms with Gasteiger partial charge in [0.05, 0.1) is 6.61 Å². The molecule has 0 aliphatic heterocycles. The van der Waals surface area contributed by atoms with Crippen molar-refractivity contribution >= 4 is 12.0 Å². The molecule has 0 radical (unpaired) electrons. The van der Waals surface area contributed by atoms with Gasteiger partial charge in [0.1, 0.15) is 18.2 Å². The van der Waals surface area contributed by atoms with E-state index in [1.165, 1.54) is 24.3 Å². The number of nitrogens with zero attached hydrogens (tertiary/aromatic N) is 1. The number of nitriles is 1. The van der Waals surface area contributed by atoms with Gasteiger partial charge < -0.3 is 14.6 Å². The molecule has 1 aromatic rings. The fourth-order valence-electron chi connectivity index (χ4n) is 1.41. The molecule has 0 saturated carbocycles. The van der Waals surface area contributed by atoms with E-state index in [1.54, 1.807) is 19.1 Å². The fourth-order valence-corrected chi connectivity index (χ4v) is 1.41. The van der Waals surface area contributed by atoms with Crippen LogP contribution in [0.5, 0.6) is 11.5 Å². The van der Waals surface area contributed by atoms with Crippen molar-refractivity contribution < 1.29 is 19.4 Å². The summed E-state index contributed by atoms with van der Waals surface area (Å²) in [6, 6.07) is 6.31. The Morgan fingerprint density at radius 2 is 2.30 bits per heavy atom. The van der Waals surface area contributed by atoms with Gasteiger partial charge in [0.15, 0.2) is 11.5 Å². The molecule has 1 N–H and O–H groups in total. The van der Waals surface area contributed by atoms with Gasteiger partial charge in [-0.15, -0.1) is 0 Å². The second-order valence-electron chi connectivity index (χ2n) is 3.72. The molecule has 0 saturated heterocycles. The second-order valence-corrected chi connectivity index (χ2v) is 3.72. The lowest BCUT2D eigenvalue weighted by molar-refractivity contribution is -0.137. The van der Waals surface area contributed by atoms with Crippen molar-refractivity contribution in [3.05, 3.63) is 42.0 Å². The molecule has 0 amide bonds. The number of ether oxygens (including phenoxy) is 2. The zero-order valence-electron chi connectivity index (χ0n) is 11.1. The second kappa shape index (κ2) is 7.64. The predicted molar refractivity (Wildman–Crippen MR) is 74.0 cm³/mol. The molecule has 0 aromatic heterocycles. The van der Waals surface area contributed by atoms with Gasteiger partial charge in [0.2, 0.25) is 0 Å². The minimum atomic E-state index is -0.724. The van der Waals surface area contributed by atoms with E-state index in [-0.39, 0.29) is 23.7 Å². The predicted octanol–water partition coefficient (Wildman–Crippen LogP) is 2.43. The number of rotatable bonds is 6. The van der Waals surface area contributed by atoms with Gasteiger partial charge in [-0.1, -0.05) is 18.7 Å². The summed E-state index contributed by atoms with van der Waals surface area (Å²) in [6.45, 7) is 5.64. The number of carbonyl (C=O) groups is 1. The Labute approximate surface area is 117 Å². The van der Waals surface area contributed by atoms with Gasteiger partial charge in [-0.25, -0.2) is 4.79 Å². The minimum Gasteiger partial charge on any atom is -0.504 e. The van der Waals surface area contributed by atoms with Crippen LogP contribution in [0.3, 0.4) is 0 Å². The normalized spacial score (nSPS) is 10.5. The molecule has 1 aromatic carbocycles. The number of benzene rings is 1. The SMILES string of the molecule is C=CCOC(=O)/C(C#N)=C/c1ccc(O)c(OCC)c1. The first kappa shape index (κ1) is 15.3. The molecule has 5 heteroatoms. The summed E-state index contributed by atoms with van der Waals surface area (Å²) in [6.07, 6.45) is 2.79. The van der Waals surface area contributed by atoms with Crippen molar-refractivity contribution in [1.29, 1.82) is 5.26 Å². The molecular weight excluding hydrogens is 258 g/mol. The van der Waals surface area contributed by atoms with E-state index in [4.69, 9.17) is 14.7 Å². The van der Waals surface area contributed by atoms with E-state index in [9.17, 15) is 9.90 Å².